The second kappa shape index (κ2) is 10.5. The maximum absolute atomic E-state index is 13.1. The van der Waals surface area contributed by atoms with Crippen molar-refractivity contribution in [2.75, 3.05) is 17.2 Å². The van der Waals surface area contributed by atoms with E-state index < -0.39 is 5.97 Å². The Hall–Kier alpha value is -3.94. The van der Waals surface area contributed by atoms with Gasteiger partial charge in [0.15, 0.2) is 0 Å². The molecule has 0 radical (unpaired) electrons. The van der Waals surface area contributed by atoms with Gasteiger partial charge in [-0.3, -0.25) is 4.79 Å². The lowest BCUT2D eigenvalue weighted by Crippen LogP contribution is -2.23. The average Bonchev–Trinajstić information content (AvgIpc) is 3.17. The molecule has 1 heterocycles. The largest absolute Gasteiger partial charge is 0.462 e. The van der Waals surface area contributed by atoms with Gasteiger partial charge >= 0.3 is 5.97 Å². The summed E-state index contributed by atoms with van der Waals surface area (Å²) in [7, 11) is 0. The number of hydrogen-bond acceptors (Lipinski definition) is 6. The number of ether oxygens (including phenoxy) is 1. The third-order valence-electron chi connectivity index (χ3n) is 5.82. The molecule has 1 amide bonds. The zero-order valence-electron chi connectivity index (χ0n) is 19.9. The molecule has 0 fully saturated rings. The van der Waals surface area contributed by atoms with Crippen LogP contribution < -0.4 is 22.1 Å². The Morgan fingerprint density at radius 2 is 1.71 bits per heavy atom. The maximum Gasteiger partial charge on any atom is 0.338 e. The van der Waals surface area contributed by atoms with Crippen molar-refractivity contribution in [1.29, 1.82) is 0 Å². The van der Waals surface area contributed by atoms with Crippen LogP contribution in [0.15, 0.2) is 72.8 Å². The topological polar surface area (TPSA) is 119 Å². The van der Waals surface area contributed by atoms with Gasteiger partial charge in [-0.05, 0) is 55.7 Å². The summed E-state index contributed by atoms with van der Waals surface area (Å²) in [5.41, 5.74) is 17.7. The minimum absolute atomic E-state index is 0.0162. The van der Waals surface area contributed by atoms with Gasteiger partial charge in [-0.15, -0.1) is 0 Å². The van der Waals surface area contributed by atoms with E-state index in [1.807, 2.05) is 61.5 Å². The number of nitrogens with one attached hydrogen (secondary N) is 2. The van der Waals surface area contributed by atoms with E-state index in [1.165, 1.54) is 0 Å². The Balaban J connectivity index is 1.73. The summed E-state index contributed by atoms with van der Waals surface area (Å²) in [6, 6.07) is 22.5. The normalized spacial score (nSPS) is 15.6. The van der Waals surface area contributed by atoms with Crippen molar-refractivity contribution in [3.05, 3.63) is 95.1 Å². The predicted molar refractivity (Wildman–Crippen MR) is 140 cm³/mol. The Morgan fingerprint density at radius 1 is 1.00 bits per heavy atom. The molecule has 0 aliphatic carbocycles. The predicted octanol–water partition coefficient (Wildman–Crippen LogP) is 4.53. The van der Waals surface area contributed by atoms with E-state index in [0.717, 1.165) is 16.8 Å². The van der Waals surface area contributed by atoms with Crippen LogP contribution in [0.4, 0.5) is 11.4 Å². The van der Waals surface area contributed by atoms with Crippen molar-refractivity contribution >= 4 is 34.5 Å². The summed E-state index contributed by atoms with van der Waals surface area (Å²) in [6.07, 6.45) is 0.691. The lowest BCUT2D eigenvalue weighted by atomic mass is 9.98. The molecule has 2 unspecified atom stereocenters. The van der Waals surface area contributed by atoms with Crippen molar-refractivity contribution in [1.82, 2.24) is 0 Å². The first-order valence-electron chi connectivity index (χ1n) is 11.7. The molecule has 1 aliphatic rings. The minimum atomic E-state index is -0.425. The van der Waals surface area contributed by atoms with E-state index in [0.29, 0.717) is 34.5 Å². The summed E-state index contributed by atoms with van der Waals surface area (Å²) in [4.78, 5) is 25.3. The third-order valence-corrected chi connectivity index (χ3v) is 5.82. The molecule has 0 aromatic heterocycles. The standard InChI is InChI=1S/C28H30N4O3/c1-3-35-28(34)20-11-14-22-24(16-20)32-27(33)25(22)26(19-7-5-4-6-8-19)31-21-12-9-18(10-13-21)23(30)15-17(2)29/h4-14,16-17,23,31H,3,15,29-30H2,1-2H3,(H,32,33). The molecule has 3 aromatic carbocycles. The number of amides is 1. The van der Waals surface area contributed by atoms with Gasteiger partial charge in [0.2, 0.25) is 0 Å². The second-order valence-corrected chi connectivity index (χ2v) is 8.62. The molecule has 6 N–H and O–H groups in total. The molecule has 2 atom stereocenters. The van der Waals surface area contributed by atoms with E-state index in [4.69, 9.17) is 16.2 Å². The van der Waals surface area contributed by atoms with Crippen molar-refractivity contribution in [3.63, 3.8) is 0 Å². The van der Waals surface area contributed by atoms with Crippen LogP contribution in [0.25, 0.3) is 11.3 Å². The molecule has 1 aliphatic heterocycles. The first-order chi connectivity index (χ1) is 16.9. The monoisotopic (exact) mass is 470 g/mol. The SMILES string of the molecule is CCOC(=O)c1ccc2c(c1)NC(=O)C2=C(Nc1ccc(C(N)CC(C)N)cc1)c1ccccc1. The molecule has 7 heteroatoms. The highest BCUT2D eigenvalue weighted by atomic mass is 16.5. The van der Waals surface area contributed by atoms with Crippen LogP contribution in [0.5, 0.6) is 0 Å². The summed E-state index contributed by atoms with van der Waals surface area (Å²) in [5, 5.41) is 6.32. The van der Waals surface area contributed by atoms with Crippen molar-refractivity contribution < 1.29 is 14.3 Å². The zero-order valence-corrected chi connectivity index (χ0v) is 19.9. The number of carbonyl (C=O) groups excluding carboxylic acids is 2. The van der Waals surface area contributed by atoms with Crippen molar-refractivity contribution in [2.24, 2.45) is 11.5 Å². The number of hydrogen-bond donors (Lipinski definition) is 4. The smallest absolute Gasteiger partial charge is 0.338 e. The number of carbonyl (C=O) groups is 2. The number of anilines is 2. The first kappa shape index (κ1) is 24.2. The van der Waals surface area contributed by atoms with Gasteiger partial charge in [-0.1, -0.05) is 48.5 Å². The molecular formula is C28H30N4O3. The number of rotatable bonds is 8. The van der Waals surface area contributed by atoms with E-state index in [2.05, 4.69) is 10.6 Å². The van der Waals surface area contributed by atoms with Crippen LogP contribution in [-0.4, -0.2) is 24.5 Å². The van der Waals surface area contributed by atoms with Crippen molar-refractivity contribution in [2.45, 2.75) is 32.4 Å². The number of fused-ring (bicyclic) bond motifs is 1. The molecule has 0 bridgehead atoms. The fourth-order valence-corrected chi connectivity index (χ4v) is 4.14. The quantitative estimate of drug-likeness (QED) is 0.284. The van der Waals surface area contributed by atoms with Gasteiger partial charge < -0.3 is 26.8 Å². The first-order valence-corrected chi connectivity index (χ1v) is 11.7. The van der Waals surface area contributed by atoms with Gasteiger partial charge in [0.1, 0.15) is 0 Å². The molecule has 35 heavy (non-hydrogen) atoms. The Kier molecular flexibility index (Phi) is 7.29. The van der Waals surface area contributed by atoms with Gasteiger partial charge in [0.05, 0.1) is 29.1 Å². The summed E-state index contributed by atoms with van der Waals surface area (Å²) in [5.74, 6) is -0.673. The molecule has 7 nitrogen and oxygen atoms in total. The van der Waals surface area contributed by atoms with Gasteiger partial charge in [0.25, 0.3) is 5.91 Å². The lowest BCUT2D eigenvalue weighted by Gasteiger charge is -2.17. The maximum atomic E-state index is 13.1. The zero-order chi connectivity index (χ0) is 24.9. The van der Waals surface area contributed by atoms with Crippen LogP contribution in [-0.2, 0) is 9.53 Å². The van der Waals surface area contributed by atoms with Gasteiger partial charge in [-0.25, -0.2) is 4.79 Å². The van der Waals surface area contributed by atoms with Crippen LogP contribution in [0.1, 0.15) is 53.4 Å². The third kappa shape index (κ3) is 5.42. The lowest BCUT2D eigenvalue weighted by molar-refractivity contribution is -0.110. The van der Waals surface area contributed by atoms with E-state index in [-0.39, 0.29) is 24.6 Å². The molecule has 0 saturated carbocycles. The van der Waals surface area contributed by atoms with Crippen LogP contribution in [0.3, 0.4) is 0 Å². The minimum Gasteiger partial charge on any atom is -0.462 e. The Morgan fingerprint density at radius 3 is 2.37 bits per heavy atom. The highest BCUT2D eigenvalue weighted by Gasteiger charge is 2.29. The Labute approximate surface area is 205 Å². The highest BCUT2D eigenvalue weighted by Crippen LogP contribution is 2.38. The molecule has 180 valence electrons. The summed E-state index contributed by atoms with van der Waals surface area (Å²) < 4.78 is 5.09. The number of benzene rings is 3. The van der Waals surface area contributed by atoms with Crippen LogP contribution in [0, 0.1) is 0 Å². The number of esters is 1. The van der Waals surface area contributed by atoms with E-state index in [9.17, 15) is 9.59 Å². The molecular weight excluding hydrogens is 440 g/mol. The van der Waals surface area contributed by atoms with Crippen molar-refractivity contribution in [3.8, 4) is 0 Å². The average molecular weight is 471 g/mol. The molecule has 0 saturated heterocycles. The van der Waals surface area contributed by atoms with Gasteiger partial charge in [-0.2, -0.15) is 0 Å². The summed E-state index contributed by atoms with van der Waals surface area (Å²) in [6.45, 7) is 3.98. The second-order valence-electron chi connectivity index (χ2n) is 8.62. The molecule has 4 rings (SSSR count). The summed E-state index contributed by atoms with van der Waals surface area (Å²) >= 11 is 0. The van der Waals surface area contributed by atoms with E-state index in [1.54, 1.807) is 25.1 Å². The van der Waals surface area contributed by atoms with Gasteiger partial charge in [0, 0.05) is 23.3 Å². The fraction of sp³-hybridized carbons (Fsp3) is 0.214. The van der Waals surface area contributed by atoms with Crippen LogP contribution >= 0.6 is 0 Å². The Bertz CT molecular complexity index is 1250. The van der Waals surface area contributed by atoms with Crippen LogP contribution in [0.2, 0.25) is 0 Å². The number of nitrogens with two attached hydrogens (primary N) is 2. The fourth-order valence-electron chi connectivity index (χ4n) is 4.14. The molecule has 0 spiro atoms. The molecule has 3 aromatic rings. The van der Waals surface area contributed by atoms with E-state index >= 15 is 0 Å². The highest BCUT2D eigenvalue weighted by molar-refractivity contribution is 6.37.